The molecule has 0 amide bonds. The van der Waals surface area contributed by atoms with Crippen LogP contribution in [0.25, 0.3) is 0 Å². The van der Waals surface area contributed by atoms with E-state index in [2.05, 4.69) is 36.1 Å². The van der Waals surface area contributed by atoms with E-state index in [1.54, 1.807) is 0 Å². The van der Waals surface area contributed by atoms with Crippen molar-refractivity contribution in [2.75, 3.05) is 19.6 Å². The molecule has 1 fully saturated rings. The standard InChI is InChI=1S/C17H26N2/c1-14-6-5-11-19(12-14)17(13-18)10-4-8-15-7-2-3-9-16(15)17/h2-3,7,9,14H,4-6,8,10-13,18H2,1H3. The van der Waals surface area contributed by atoms with E-state index in [-0.39, 0.29) is 5.54 Å². The molecule has 1 aliphatic heterocycles. The predicted octanol–water partition coefficient (Wildman–Crippen LogP) is 2.91. The Morgan fingerprint density at radius 1 is 1.32 bits per heavy atom. The molecule has 104 valence electrons. The second-order valence-electron chi connectivity index (χ2n) is 6.44. The van der Waals surface area contributed by atoms with Crippen molar-refractivity contribution in [3.8, 4) is 0 Å². The highest BCUT2D eigenvalue weighted by molar-refractivity contribution is 5.37. The van der Waals surface area contributed by atoms with E-state index in [0.29, 0.717) is 0 Å². The maximum atomic E-state index is 6.29. The van der Waals surface area contributed by atoms with Gasteiger partial charge in [0.1, 0.15) is 0 Å². The summed E-state index contributed by atoms with van der Waals surface area (Å²) in [7, 11) is 0. The van der Waals surface area contributed by atoms with E-state index >= 15 is 0 Å². The monoisotopic (exact) mass is 258 g/mol. The van der Waals surface area contributed by atoms with E-state index in [1.165, 1.54) is 56.3 Å². The summed E-state index contributed by atoms with van der Waals surface area (Å²) in [5.74, 6) is 0.811. The van der Waals surface area contributed by atoms with Crippen LogP contribution < -0.4 is 5.73 Å². The van der Waals surface area contributed by atoms with E-state index < -0.39 is 0 Å². The van der Waals surface area contributed by atoms with Gasteiger partial charge in [-0.2, -0.15) is 0 Å². The summed E-state index contributed by atoms with van der Waals surface area (Å²) in [6.45, 7) is 5.57. The fourth-order valence-corrected chi connectivity index (χ4v) is 4.15. The lowest BCUT2D eigenvalue weighted by Gasteiger charge is -2.49. The van der Waals surface area contributed by atoms with Crippen molar-refractivity contribution in [2.45, 2.75) is 44.6 Å². The van der Waals surface area contributed by atoms with Gasteiger partial charge in [-0.1, -0.05) is 31.2 Å². The zero-order valence-corrected chi connectivity index (χ0v) is 12.1. The maximum Gasteiger partial charge on any atom is 0.0586 e. The topological polar surface area (TPSA) is 29.3 Å². The number of hydrogen-bond donors (Lipinski definition) is 1. The number of likely N-dealkylation sites (tertiary alicyclic amines) is 1. The van der Waals surface area contributed by atoms with Crippen molar-refractivity contribution in [3.05, 3.63) is 35.4 Å². The number of nitrogens with zero attached hydrogens (tertiary/aromatic N) is 1. The van der Waals surface area contributed by atoms with Crippen molar-refractivity contribution in [2.24, 2.45) is 11.7 Å². The van der Waals surface area contributed by atoms with Crippen LogP contribution in [0.2, 0.25) is 0 Å². The van der Waals surface area contributed by atoms with E-state index in [9.17, 15) is 0 Å². The van der Waals surface area contributed by atoms with Gasteiger partial charge in [-0.05, 0) is 55.7 Å². The number of benzene rings is 1. The van der Waals surface area contributed by atoms with Gasteiger partial charge < -0.3 is 5.73 Å². The minimum atomic E-state index is 0.115. The Kier molecular flexibility index (Phi) is 3.64. The first-order valence-electron chi connectivity index (χ1n) is 7.80. The molecule has 1 saturated heterocycles. The summed E-state index contributed by atoms with van der Waals surface area (Å²) in [5.41, 5.74) is 9.44. The number of fused-ring (bicyclic) bond motifs is 1. The molecule has 1 aromatic rings. The first-order chi connectivity index (χ1) is 9.26. The Balaban J connectivity index is 1.99. The molecule has 0 radical (unpaired) electrons. The zero-order valence-electron chi connectivity index (χ0n) is 12.1. The highest BCUT2D eigenvalue weighted by Crippen LogP contribution is 2.41. The third kappa shape index (κ3) is 2.21. The third-order valence-corrected chi connectivity index (χ3v) is 5.16. The quantitative estimate of drug-likeness (QED) is 0.884. The first-order valence-corrected chi connectivity index (χ1v) is 7.80. The second kappa shape index (κ2) is 5.26. The molecular weight excluding hydrogens is 232 g/mol. The van der Waals surface area contributed by atoms with Crippen molar-refractivity contribution < 1.29 is 0 Å². The maximum absolute atomic E-state index is 6.29. The molecule has 2 nitrogen and oxygen atoms in total. The molecule has 19 heavy (non-hydrogen) atoms. The number of piperidine rings is 1. The molecule has 0 aromatic heterocycles. The summed E-state index contributed by atoms with van der Waals surface area (Å²) in [6, 6.07) is 8.97. The lowest BCUT2D eigenvalue weighted by molar-refractivity contribution is 0.0354. The summed E-state index contributed by atoms with van der Waals surface area (Å²) >= 11 is 0. The van der Waals surface area contributed by atoms with Gasteiger partial charge in [0.05, 0.1) is 5.54 Å². The van der Waals surface area contributed by atoms with Crippen molar-refractivity contribution in [1.29, 1.82) is 0 Å². The van der Waals surface area contributed by atoms with Gasteiger partial charge >= 0.3 is 0 Å². The van der Waals surface area contributed by atoms with Crippen LogP contribution >= 0.6 is 0 Å². The van der Waals surface area contributed by atoms with Crippen LogP contribution in [0.1, 0.15) is 43.7 Å². The Morgan fingerprint density at radius 3 is 2.95 bits per heavy atom. The molecule has 0 spiro atoms. The van der Waals surface area contributed by atoms with Crippen molar-refractivity contribution in [3.63, 3.8) is 0 Å². The van der Waals surface area contributed by atoms with Crippen LogP contribution in [0.3, 0.4) is 0 Å². The van der Waals surface area contributed by atoms with Gasteiger partial charge in [0.25, 0.3) is 0 Å². The van der Waals surface area contributed by atoms with Crippen LogP contribution in [0.5, 0.6) is 0 Å². The predicted molar refractivity (Wildman–Crippen MR) is 80.1 cm³/mol. The molecule has 2 unspecified atom stereocenters. The number of rotatable bonds is 2. The minimum absolute atomic E-state index is 0.115. The normalized spacial score (nSPS) is 32.0. The molecule has 3 rings (SSSR count). The van der Waals surface area contributed by atoms with Crippen LogP contribution in [-0.2, 0) is 12.0 Å². The van der Waals surface area contributed by atoms with Crippen LogP contribution in [-0.4, -0.2) is 24.5 Å². The lowest BCUT2D eigenvalue weighted by atomic mass is 9.74. The Morgan fingerprint density at radius 2 is 2.16 bits per heavy atom. The van der Waals surface area contributed by atoms with Gasteiger partial charge in [-0.25, -0.2) is 0 Å². The van der Waals surface area contributed by atoms with Crippen molar-refractivity contribution in [1.82, 2.24) is 4.90 Å². The van der Waals surface area contributed by atoms with Gasteiger partial charge in [-0.15, -0.1) is 0 Å². The van der Waals surface area contributed by atoms with E-state index in [1.807, 2.05) is 0 Å². The molecule has 0 bridgehead atoms. The Bertz CT molecular complexity index is 443. The van der Waals surface area contributed by atoms with Crippen LogP contribution in [0.15, 0.2) is 24.3 Å². The summed E-state index contributed by atoms with van der Waals surface area (Å²) in [5, 5.41) is 0. The Hall–Kier alpha value is -0.860. The highest BCUT2D eigenvalue weighted by Gasteiger charge is 2.41. The SMILES string of the molecule is CC1CCCN(C2(CN)CCCc3ccccc32)C1. The van der Waals surface area contributed by atoms with Crippen molar-refractivity contribution >= 4 is 0 Å². The minimum Gasteiger partial charge on any atom is -0.328 e. The third-order valence-electron chi connectivity index (χ3n) is 5.16. The second-order valence-corrected chi connectivity index (χ2v) is 6.44. The van der Waals surface area contributed by atoms with Crippen LogP contribution in [0.4, 0.5) is 0 Å². The number of nitrogens with two attached hydrogens (primary N) is 1. The molecule has 1 aromatic carbocycles. The lowest BCUT2D eigenvalue weighted by Crippen LogP contribution is -2.55. The fourth-order valence-electron chi connectivity index (χ4n) is 4.15. The summed E-state index contributed by atoms with van der Waals surface area (Å²) in [6.07, 6.45) is 6.43. The number of hydrogen-bond acceptors (Lipinski definition) is 2. The molecule has 2 atom stereocenters. The molecule has 2 N–H and O–H groups in total. The molecule has 2 aliphatic rings. The average Bonchev–Trinajstić information content (AvgIpc) is 2.46. The molecule has 2 heteroatoms. The zero-order chi connectivity index (χ0) is 13.3. The average molecular weight is 258 g/mol. The van der Waals surface area contributed by atoms with Gasteiger partial charge in [0.2, 0.25) is 0 Å². The van der Waals surface area contributed by atoms with Gasteiger partial charge in [0.15, 0.2) is 0 Å². The van der Waals surface area contributed by atoms with Gasteiger partial charge in [-0.3, -0.25) is 4.90 Å². The van der Waals surface area contributed by atoms with E-state index in [0.717, 1.165) is 12.5 Å². The molecular formula is C17H26N2. The highest BCUT2D eigenvalue weighted by atomic mass is 15.2. The molecule has 1 heterocycles. The summed E-state index contributed by atoms with van der Waals surface area (Å²) < 4.78 is 0. The largest absolute Gasteiger partial charge is 0.328 e. The first kappa shape index (κ1) is 13.1. The smallest absolute Gasteiger partial charge is 0.0586 e. The Labute approximate surface area is 117 Å². The van der Waals surface area contributed by atoms with Crippen LogP contribution in [0, 0.1) is 5.92 Å². The summed E-state index contributed by atoms with van der Waals surface area (Å²) in [4.78, 5) is 2.69. The molecule has 1 aliphatic carbocycles. The van der Waals surface area contributed by atoms with Gasteiger partial charge in [0, 0.05) is 13.1 Å². The number of aryl methyl sites for hydroxylation is 1. The molecule has 0 saturated carbocycles. The van der Waals surface area contributed by atoms with E-state index in [4.69, 9.17) is 5.73 Å². The fraction of sp³-hybridized carbons (Fsp3) is 0.647.